The van der Waals surface area contributed by atoms with E-state index < -0.39 is 17.9 Å². The molecule has 0 saturated heterocycles. The highest BCUT2D eigenvalue weighted by atomic mass is 32.1. The Labute approximate surface area is 138 Å². The highest BCUT2D eigenvalue weighted by molar-refractivity contribution is 7.12. The lowest BCUT2D eigenvalue weighted by Crippen LogP contribution is -2.33. The van der Waals surface area contributed by atoms with Gasteiger partial charge in [0.05, 0.1) is 11.5 Å². The summed E-state index contributed by atoms with van der Waals surface area (Å²) >= 11 is 1.27. The van der Waals surface area contributed by atoms with Crippen molar-refractivity contribution in [2.24, 2.45) is 0 Å². The Bertz CT molecular complexity index is 703. The molecule has 1 amide bonds. The second-order valence-corrected chi connectivity index (χ2v) is 6.29. The van der Waals surface area contributed by atoms with Crippen LogP contribution in [0.3, 0.4) is 0 Å². The number of ether oxygens (including phenoxy) is 1. The summed E-state index contributed by atoms with van der Waals surface area (Å²) in [6.45, 7) is 4.11. The van der Waals surface area contributed by atoms with Gasteiger partial charge in [0.2, 0.25) is 0 Å². The molecule has 2 N–H and O–H groups in total. The number of hydrogen-bond donors (Lipinski definition) is 2. The molecule has 0 aliphatic carbocycles. The summed E-state index contributed by atoms with van der Waals surface area (Å²) in [6, 6.07) is 6.22. The highest BCUT2D eigenvalue weighted by Crippen LogP contribution is 2.21. The number of carboxylic acid groups (broad SMARTS) is 1. The van der Waals surface area contributed by atoms with Crippen LogP contribution in [0.15, 0.2) is 29.6 Å². The number of carboxylic acids is 1. The molecule has 0 radical (unpaired) electrons. The molecule has 6 heteroatoms. The smallest absolute Gasteiger partial charge is 0.330 e. The normalized spacial score (nSPS) is 12.0. The number of rotatable bonds is 6. The summed E-state index contributed by atoms with van der Waals surface area (Å²) in [6.07, 6.45) is 0. The number of carbonyl (C=O) groups excluding carboxylic acids is 1. The number of nitrogens with one attached hydrogen (secondary N) is 1. The van der Waals surface area contributed by atoms with Crippen molar-refractivity contribution in [2.75, 3.05) is 7.11 Å². The van der Waals surface area contributed by atoms with Gasteiger partial charge in [-0.15, -0.1) is 11.3 Å². The number of carbonyl (C=O) groups is 2. The van der Waals surface area contributed by atoms with Crippen LogP contribution in [0.25, 0.3) is 0 Å². The van der Waals surface area contributed by atoms with Crippen LogP contribution in [0, 0.1) is 13.8 Å². The summed E-state index contributed by atoms with van der Waals surface area (Å²) in [5, 5.41) is 13.9. The molecule has 1 atom stereocenters. The highest BCUT2D eigenvalue weighted by Gasteiger charge is 2.24. The topological polar surface area (TPSA) is 75.6 Å². The molecule has 1 heterocycles. The van der Waals surface area contributed by atoms with Crippen molar-refractivity contribution in [2.45, 2.75) is 26.5 Å². The van der Waals surface area contributed by atoms with Crippen molar-refractivity contribution in [1.29, 1.82) is 0 Å². The number of aryl methyl sites for hydroxylation is 2. The van der Waals surface area contributed by atoms with E-state index in [1.54, 1.807) is 30.7 Å². The predicted octanol–water partition coefficient (Wildman–Crippen LogP) is 3.07. The minimum absolute atomic E-state index is 0.313. The fourth-order valence-electron chi connectivity index (χ4n) is 2.46. The van der Waals surface area contributed by atoms with Crippen LogP contribution in [0.5, 0.6) is 0 Å². The molecule has 0 saturated carbocycles. The molecule has 0 aliphatic heterocycles. The molecule has 0 aliphatic rings. The maximum atomic E-state index is 12.4. The maximum Gasteiger partial charge on any atom is 0.330 e. The van der Waals surface area contributed by atoms with E-state index in [1.165, 1.54) is 11.3 Å². The fraction of sp³-hybridized carbons (Fsp3) is 0.294. The minimum Gasteiger partial charge on any atom is -0.479 e. The molecular weight excluding hydrogens is 314 g/mol. The Morgan fingerprint density at radius 3 is 2.48 bits per heavy atom. The minimum atomic E-state index is -1.09. The lowest BCUT2D eigenvalue weighted by molar-refractivity contribution is -0.139. The largest absolute Gasteiger partial charge is 0.479 e. The molecular formula is C17H19NO4S. The Balaban J connectivity index is 2.27. The van der Waals surface area contributed by atoms with Gasteiger partial charge in [-0.25, -0.2) is 4.79 Å². The maximum absolute atomic E-state index is 12.4. The van der Waals surface area contributed by atoms with Crippen molar-refractivity contribution in [1.82, 2.24) is 5.32 Å². The Kier molecular flexibility index (Phi) is 5.52. The van der Waals surface area contributed by atoms with Gasteiger partial charge in [0.25, 0.3) is 5.91 Å². The first-order valence-electron chi connectivity index (χ1n) is 7.09. The molecule has 23 heavy (non-hydrogen) atoms. The van der Waals surface area contributed by atoms with Crippen LogP contribution in [0.2, 0.25) is 0 Å². The lowest BCUT2D eigenvalue weighted by atomic mass is 10.0. The summed E-state index contributed by atoms with van der Waals surface area (Å²) in [7, 11) is 1.55. The summed E-state index contributed by atoms with van der Waals surface area (Å²) in [5.74, 6) is -1.49. The van der Waals surface area contributed by atoms with Crippen LogP contribution < -0.4 is 5.32 Å². The number of aliphatic carboxylic acids is 1. The van der Waals surface area contributed by atoms with Crippen LogP contribution in [-0.4, -0.2) is 24.1 Å². The standard InChI is InChI=1S/C17H19NO4S/c1-10-6-11(2)8-13(7-10)14(17(20)21)18-16(19)15-12(9-22-3)4-5-23-15/h4-8,14H,9H2,1-3H3,(H,18,19)(H,20,21). The van der Waals surface area contributed by atoms with E-state index in [0.29, 0.717) is 17.0 Å². The molecule has 1 aromatic heterocycles. The Morgan fingerprint density at radius 1 is 1.26 bits per heavy atom. The third-order valence-corrected chi connectivity index (χ3v) is 4.31. The quantitative estimate of drug-likeness (QED) is 0.852. The van der Waals surface area contributed by atoms with E-state index >= 15 is 0 Å². The van der Waals surface area contributed by atoms with Gasteiger partial charge in [-0.1, -0.05) is 29.3 Å². The number of hydrogen-bond acceptors (Lipinski definition) is 4. The third kappa shape index (κ3) is 4.18. The van der Waals surface area contributed by atoms with Gasteiger partial charge >= 0.3 is 5.97 Å². The first-order chi connectivity index (χ1) is 10.9. The van der Waals surface area contributed by atoms with Gasteiger partial charge in [0.15, 0.2) is 6.04 Å². The monoisotopic (exact) mass is 333 g/mol. The summed E-state index contributed by atoms with van der Waals surface area (Å²) in [4.78, 5) is 24.5. The molecule has 0 fully saturated rings. The average Bonchev–Trinajstić information content (AvgIpc) is 2.91. The number of thiophene rings is 1. The fourth-order valence-corrected chi connectivity index (χ4v) is 3.28. The second kappa shape index (κ2) is 7.39. The van der Waals surface area contributed by atoms with E-state index in [-0.39, 0.29) is 0 Å². The summed E-state index contributed by atoms with van der Waals surface area (Å²) < 4.78 is 5.06. The first-order valence-corrected chi connectivity index (χ1v) is 7.97. The van der Waals surface area contributed by atoms with Crippen molar-refractivity contribution in [3.63, 3.8) is 0 Å². The summed E-state index contributed by atoms with van der Waals surface area (Å²) in [5.41, 5.74) is 3.22. The van der Waals surface area contributed by atoms with Gasteiger partial charge in [-0.3, -0.25) is 4.79 Å². The molecule has 1 aromatic carbocycles. The van der Waals surface area contributed by atoms with Crippen LogP contribution >= 0.6 is 11.3 Å². The molecule has 1 unspecified atom stereocenters. The van der Waals surface area contributed by atoms with Crippen molar-refractivity contribution in [3.8, 4) is 0 Å². The van der Waals surface area contributed by atoms with Crippen LogP contribution in [0.4, 0.5) is 0 Å². The van der Waals surface area contributed by atoms with Gasteiger partial charge < -0.3 is 15.2 Å². The van der Waals surface area contributed by atoms with E-state index in [2.05, 4.69) is 5.32 Å². The predicted molar refractivity (Wildman–Crippen MR) is 88.8 cm³/mol. The zero-order valence-electron chi connectivity index (χ0n) is 13.3. The Morgan fingerprint density at radius 2 is 1.91 bits per heavy atom. The SMILES string of the molecule is COCc1ccsc1C(=O)NC(C(=O)O)c1cc(C)cc(C)c1. The molecule has 122 valence electrons. The van der Waals surface area contributed by atoms with Crippen molar-refractivity contribution >= 4 is 23.2 Å². The van der Waals surface area contributed by atoms with E-state index in [1.807, 2.05) is 19.9 Å². The Hall–Kier alpha value is -2.18. The van der Waals surface area contributed by atoms with Gasteiger partial charge in [0.1, 0.15) is 0 Å². The van der Waals surface area contributed by atoms with Crippen LogP contribution in [-0.2, 0) is 16.1 Å². The van der Waals surface area contributed by atoms with E-state index in [9.17, 15) is 14.7 Å². The number of benzene rings is 1. The zero-order chi connectivity index (χ0) is 17.0. The van der Waals surface area contributed by atoms with Crippen molar-refractivity contribution < 1.29 is 19.4 Å². The zero-order valence-corrected chi connectivity index (χ0v) is 14.1. The average molecular weight is 333 g/mol. The second-order valence-electron chi connectivity index (χ2n) is 5.37. The first kappa shape index (κ1) is 17.2. The number of amides is 1. The van der Waals surface area contributed by atoms with Gasteiger partial charge in [0, 0.05) is 12.7 Å². The lowest BCUT2D eigenvalue weighted by Gasteiger charge is -2.16. The van der Waals surface area contributed by atoms with Crippen LogP contribution in [0.1, 0.15) is 38.0 Å². The molecule has 2 aromatic rings. The molecule has 0 spiro atoms. The van der Waals surface area contributed by atoms with Crippen molar-refractivity contribution in [3.05, 3.63) is 56.8 Å². The van der Waals surface area contributed by atoms with Gasteiger partial charge in [-0.2, -0.15) is 0 Å². The molecule has 5 nitrogen and oxygen atoms in total. The third-order valence-electron chi connectivity index (χ3n) is 3.35. The van der Waals surface area contributed by atoms with E-state index in [0.717, 1.165) is 16.7 Å². The molecule has 0 bridgehead atoms. The number of methoxy groups -OCH3 is 1. The molecule has 2 rings (SSSR count). The van der Waals surface area contributed by atoms with E-state index in [4.69, 9.17) is 4.74 Å². The van der Waals surface area contributed by atoms with Gasteiger partial charge in [-0.05, 0) is 30.9 Å².